The molecule has 5 nitrogen and oxygen atoms in total. The van der Waals surface area contributed by atoms with Crippen LogP contribution in [0.1, 0.15) is 15.9 Å². The molecular formula is C20H16Cl5NO4. The number of alkyl carbamates (subject to hydrolysis) is 1. The van der Waals surface area contributed by atoms with Crippen LogP contribution in [0.2, 0.25) is 10.0 Å². The third-order valence-corrected chi connectivity index (χ3v) is 4.40. The Morgan fingerprint density at radius 1 is 1.07 bits per heavy atom. The van der Waals surface area contributed by atoms with E-state index in [1.54, 1.807) is 12.2 Å². The molecule has 30 heavy (non-hydrogen) atoms. The molecule has 0 aliphatic rings. The number of alkyl halides is 3. The zero-order valence-electron chi connectivity index (χ0n) is 15.3. The second kappa shape index (κ2) is 11.7. The predicted octanol–water partition coefficient (Wildman–Crippen LogP) is 6.33. The quantitative estimate of drug-likeness (QED) is 0.349. The van der Waals surface area contributed by atoms with E-state index in [0.29, 0.717) is 5.02 Å². The van der Waals surface area contributed by atoms with Gasteiger partial charge in [0, 0.05) is 5.02 Å². The van der Waals surface area contributed by atoms with Crippen molar-refractivity contribution in [1.82, 2.24) is 5.32 Å². The number of carbonyl (C=O) groups is 2. The summed E-state index contributed by atoms with van der Waals surface area (Å²) in [5.74, 6) is -0.684. The minimum Gasteiger partial charge on any atom is -0.453 e. The molecule has 2 rings (SSSR count). The molecule has 0 heterocycles. The summed E-state index contributed by atoms with van der Waals surface area (Å²) in [7, 11) is 0. The van der Waals surface area contributed by atoms with E-state index >= 15 is 0 Å². The minimum atomic E-state index is -1.73. The van der Waals surface area contributed by atoms with Crippen LogP contribution in [0, 0.1) is 0 Å². The largest absolute Gasteiger partial charge is 0.453 e. The Balaban J connectivity index is 2.07. The molecule has 1 amide bonds. The SMILES string of the molecule is O=C(NC[C@@H](/C=C/c1ccccc1)OC(=O)c1ccc(Cl)cc1Cl)OCC(Cl)(Cl)Cl. The fourth-order valence-corrected chi connectivity index (χ4v) is 2.82. The number of ether oxygens (including phenoxy) is 2. The van der Waals surface area contributed by atoms with Crippen molar-refractivity contribution in [3.63, 3.8) is 0 Å². The highest BCUT2D eigenvalue weighted by Crippen LogP contribution is 2.26. The van der Waals surface area contributed by atoms with Crippen molar-refractivity contribution in [2.75, 3.05) is 13.2 Å². The highest BCUT2D eigenvalue weighted by atomic mass is 35.6. The Labute approximate surface area is 198 Å². The van der Waals surface area contributed by atoms with Gasteiger partial charge in [0.25, 0.3) is 0 Å². The molecule has 0 bridgehead atoms. The fourth-order valence-electron chi connectivity index (χ4n) is 2.17. The fraction of sp³-hybridized carbons (Fsp3) is 0.200. The summed E-state index contributed by atoms with van der Waals surface area (Å²) in [4.78, 5) is 24.3. The molecule has 0 spiro atoms. The van der Waals surface area contributed by atoms with Crippen molar-refractivity contribution in [3.05, 3.63) is 75.8 Å². The number of hydrogen-bond donors (Lipinski definition) is 1. The number of benzene rings is 2. The van der Waals surface area contributed by atoms with Gasteiger partial charge in [0.1, 0.15) is 12.7 Å². The first-order valence-corrected chi connectivity index (χ1v) is 10.4. The minimum absolute atomic E-state index is 0.0844. The molecule has 0 unspecified atom stereocenters. The number of amides is 1. The van der Waals surface area contributed by atoms with Gasteiger partial charge in [-0.15, -0.1) is 0 Å². The van der Waals surface area contributed by atoms with Crippen molar-refractivity contribution in [3.8, 4) is 0 Å². The lowest BCUT2D eigenvalue weighted by molar-refractivity contribution is 0.0392. The number of carbonyl (C=O) groups excluding carboxylic acids is 2. The molecule has 0 aliphatic carbocycles. The summed E-state index contributed by atoms with van der Waals surface area (Å²) in [5.41, 5.74) is 1.01. The van der Waals surface area contributed by atoms with E-state index in [0.717, 1.165) is 5.56 Å². The van der Waals surface area contributed by atoms with Crippen LogP contribution in [0.15, 0.2) is 54.6 Å². The van der Waals surface area contributed by atoms with Gasteiger partial charge in [-0.1, -0.05) is 94.4 Å². The number of hydrogen-bond acceptors (Lipinski definition) is 4. The third kappa shape index (κ3) is 9.02. The van der Waals surface area contributed by atoms with Gasteiger partial charge < -0.3 is 14.8 Å². The van der Waals surface area contributed by atoms with E-state index in [9.17, 15) is 9.59 Å². The van der Waals surface area contributed by atoms with Gasteiger partial charge in [-0.05, 0) is 29.8 Å². The van der Waals surface area contributed by atoms with Crippen LogP contribution in [-0.2, 0) is 9.47 Å². The molecule has 0 saturated heterocycles. The highest BCUT2D eigenvalue weighted by molar-refractivity contribution is 6.67. The first kappa shape index (κ1) is 24.6. The van der Waals surface area contributed by atoms with Crippen LogP contribution < -0.4 is 5.32 Å². The van der Waals surface area contributed by atoms with Crippen molar-refractivity contribution in [2.45, 2.75) is 9.90 Å². The number of esters is 1. The molecule has 0 aliphatic heterocycles. The van der Waals surface area contributed by atoms with Gasteiger partial charge in [0.2, 0.25) is 3.79 Å². The van der Waals surface area contributed by atoms with E-state index in [4.69, 9.17) is 67.5 Å². The van der Waals surface area contributed by atoms with Crippen LogP contribution in [0.5, 0.6) is 0 Å². The monoisotopic (exact) mass is 509 g/mol. The number of rotatable bonds is 7. The van der Waals surface area contributed by atoms with Crippen molar-refractivity contribution in [1.29, 1.82) is 0 Å². The van der Waals surface area contributed by atoms with E-state index in [2.05, 4.69) is 5.32 Å². The van der Waals surface area contributed by atoms with E-state index in [1.807, 2.05) is 30.3 Å². The Bertz CT molecular complexity index is 900. The smallest absolute Gasteiger partial charge is 0.407 e. The van der Waals surface area contributed by atoms with Gasteiger partial charge in [-0.25, -0.2) is 9.59 Å². The molecular weight excluding hydrogens is 495 g/mol. The lowest BCUT2D eigenvalue weighted by Gasteiger charge is -2.17. The molecule has 0 saturated carbocycles. The lowest BCUT2D eigenvalue weighted by Crippen LogP contribution is -2.35. The molecule has 0 radical (unpaired) electrons. The summed E-state index contributed by atoms with van der Waals surface area (Å²) in [5, 5.41) is 2.98. The second-order valence-electron chi connectivity index (χ2n) is 5.91. The highest BCUT2D eigenvalue weighted by Gasteiger charge is 2.23. The first-order chi connectivity index (χ1) is 14.1. The maximum Gasteiger partial charge on any atom is 0.407 e. The predicted molar refractivity (Wildman–Crippen MR) is 121 cm³/mol. The third-order valence-electron chi connectivity index (χ3n) is 3.53. The Morgan fingerprint density at radius 3 is 2.40 bits per heavy atom. The number of halogens is 5. The standard InChI is InChI=1S/C20H16Cl5NO4/c21-14-7-9-16(17(22)10-14)18(27)30-15(8-6-13-4-2-1-3-5-13)11-26-19(28)29-12-20(23,24)25/h1-10,15H,11-12H2,(H,26,28)/b8-6+/t15-/m1/s1. The van der Waals surface area contributed by atoms with Crippen molar-refractivity contribution < 1.29 is 19.1 Å². The van der Waals surface area contributed by atoms with Crippen LogP contribution in [-0.4, -0.2) is 35.1 Å². The van der Waals surface area contributed by atoms with Crippen molar-refractivity contribution in [2.24, 2.45) is 0 Å². The zero-order valence-corrected chi connectivity index (χ0v) is 19.1. The Kier molecular flexibility index (Phi) is 9.59. The van der Waals surface area contributed by atoms with Crippen LogP contribution in [0.3, 0.4) is 0 Å². The zero-order chi connectivity index (χ0) is 22.1. The van der Waals surface area contributed by atoms with Gasteiger partial charge in [0.05, 0.1) is 17.1 Å². The molecule has 2 aromatic carbocycles. The van der Waals surface area contributed by atoms with Crippen molar-refractivity contribution >= 4 is 76.1 Å². The lowest BCUT2D eigenvalue weighted by atomic mass is 10.2. The van der Waals surface area contributed by atoms with Gasteiger partial charge in [0.15, 0.2) is 0 Å². The Morgan fingerprint density at radius 2 is 1.77 bits per heavy atom. The average molecular weight is 512 g/mol. The number of nitrogens with one attached hydrogen (secondary N) is 1. The van der Waals surface area contributed by atoms with E-state index in [-0.39, 0.29) is 17.1 Å². The molecule has 10 heteroatoms. The van der Waals surface area contributed by atoms with Crippen LogP contribution in [0.25, 0.3) is 6.08 Å². The van der Waals surface area contributed by atoms with Gasteiger partial charge in [-0.3, -0.25) is 0 Å². The maximum absolute atomic E-state index is 12.5. The summed E-state index contributed by atoms with van der Waals surface area (Å²) in [6.45, 7) is -0.521. The second-order valence-corrected chi connectivity index (χ2v) is 9.27. The summed E-state index contributed by atoms with van der Waals surface area (Å²) in [6, 6.07) is 13.7. The molecule has 160 valence electrons. The maximum atomic E-state index is 12.5. The van der Waals surface area contributed by atoms with Gasteiger partial charge >= 0.3 is 12.1 Å². The molecule has 0 fully saturated rings. The summed E-state index contributed by atoms with van der Waals surface area (Å²) < 4.78 is 8.53. The molecule has 1 N–H and O–H groups in total. The summed E-state index contributed by atoms with van der Waals surface area (Å²) in [6.07, 6.45) is 1.70. The molecule has 2 aromatic rings. The van der Waals surface area contributed by atoms with E-state index in [1.165, 1.54) is 18.2 Å². The van der Waals surface area contributed by atoms with Crippen LogP contribution >= 0.6 is 58.0 Å². The molecule has 1 atom stereocenters. The Hall–Kier alpha value is -1.63. The topological polar surface area (TPSA) is 64.6 Å². The van der Waals surface area contributed by atoms with Crippen LogP contribution in [0.4, 0.5) is 4.79 Å². The average Bonchev–Trinajstić information content (AvgIpc) is 2.68. The molecule has 0 aromatic heterocycles. The van der Waals surface area contributed by atoms with E-state index < -0.39 is 28.6 Å². The first-order valence-electron chi connectivity index (χ1n) is 8.51. The summed E-state index contributed by atoms with van der Waals surface area (Å²) >= 11 is 28.5. The normalized spacial score (nSPS) is 12.4. The van der Waals surface area contributed by atoms with Gasteiger partial charge in [-0.2, -0.15) is 0 Å².